The molecule has 0 aliphatic heterocycles. The minimum Gasteiger partial charge on any atom is -0.315 e. The number of nitrogens with one attached hydrogen (secondary N) is 1. The molecular formula is C12H16N2S. The van der Waals surface area contributed by atoms with Crippen LogP contribution in [0.1, 0.15) is 23.3 Å². The summed E-state index contributed by atoms with van der Waals surface area (Å²) in [4.78, 5) is 1.46. The van der Waals surface area contributed by atoms with Gasteiger partial charge in [-0.25, -0.2) is 0 Å². The lowest BCUT2D eigenvalue weighted by Gasteiger charge is -2.07. The summed E-state index contributed by atoms with van der Waals surface area (Å²) in [6.07, 6.45) is 3.24. The van der Waals surface area contributed by atoms with Gasteiger partial charge in [0.05, 0.1) is 11.5 Å². The third kappa shape index (κ3) is 2.58. The topological polar surface area (TPSA) is 35.8 Å². The molecule has 0 radical (unpaired) electrons. The van der Waals surface area contributed by atoms with E-state index in [0.717, 1.165) is 32.4 Å². The third-order valence-corrected chi connectivity index (χ3v) is 4.13. The van der Waals surface area contributed by atoms with E-state index < -0.39 is 0 Å². The molecule has 0 bridgehead atoms. The summed E-state index contributed by atoms with van der Waals surface area (Å²) < 4.78 is 0. The van der Waals surface area contributed by atoms with Gasteiger partial charge in [-0.15, -0.1) is 11.3 Å². The maximum Gasteiger partial charge on any atom is 0.0703 e. The second kappa shape index (κ2) is 4.34. The standard InChI is InChI=1S/C12H16N2S/c1-10-3-7-15-11(10)2-6-14-9-12(8-13)4-5-12/h3,7,14H,2,4-6,9H2,1H3. The van der Waals surface area contributed by atoms with Crippen LogP contribution < -0.4 is 5.32 Å². The Balaban J connectivity index is 1.68. The lowest BCUT2D eigenvalue weighted by molar-refractivity contribution is 0.561. The Bertz CT molecular complexity index is 371. The van der Waals surface area contributed by atoms with Gasteiger partial charge in [0.2, 0.25) is 0 Å². The highest BCUT2D eigenvalue weighted by Crippen LogP contribution is 2.43. The lowest BCUT2D eigenvalue weighted by Crippen LogP contribution is -2.25. The van der Waals surface area contributed by atoms with Gasteiger partial charge in [0.15, 0.2) is 0 Å². The van der Waals surface area contributed by atoms with Crippen LogP contribution in [0.25, 0.3) is 0 Å². The van der Waals surface area contributed by atoms with E-state index in [1.54, 1.807) is 0 Å². The summed E-state index contributed by atoms with van der Waals surface area (Å²) in [5.74, 6) is 0. The minimum absolute atomic E-state index is 0.00943. The Morgan fingerprint density at radius 2 is 2.40 bits per heavy atom. The molecule has 0 unspecified atom stereocenters. The van der Waals surface area contributed by atoms with Gasteiger partial charge in [-0.2, -0.15) is 5.26 Å². The largest absolute Gasteiger partial charge is 0.315 e. The predicted octanol–water partition coefficient (Wildman–Crippen LogP) is 2.49. The van der Waals surface area contributed by atoms with Crippen LogP contribution in [0, 0.1) is 23.7 Å². The van der Waals surface area contributed by atoms with E-state index in [1.165, 1.54) is 10.4 Å². The van der Waals surface area contributed by atoms with Crippen molar-refractivity contribution in [2.75, 3.05) is 13.1 Å². The monoisotopic (exact) mass is 220 g/mol. The summed E-state index contributed by atoms with van der Waals surface area (Å²) in [6.45, 7) is 4.02. The summed E-state index contributed by atoms with van der Waals surface area (Å²) in [7, 11) is 0. The van der Waals surface area contributed by atoms with E-state index in [-0.39, 0.29) is 5.41 Å². The number of nitrogens with zero attached hydrogens (tertiary/aromatic N) is 1. The molecule has 1 aliphatic rings. The van der Waals surface area contributed by atoms with Gasteiger partial charge in [0, 0.05) is 18.0 Å². The van der Waals surface area contributed by atoms with Crippen molar-refractivity contribution in [3.8, 4) is 6.07 Å². The van der Waals surface area contributed by atoms with Gasteiger partial charge in [-0.1, -0.05) is 0 Å². The first kappa shape index (κ1) is 10.7. The van der Waals surface area contributed by atoms with E-state index in [2.05, 4.69) is 29.8 Å². The van der Waals surface area contributed by atoms with Crippen molar-refractivity contribution in [1.82, 2.24) is 5.32 Å². The summed E-state index contributed by atoms with van der Waals surface area (Å²) >= 11 is 1.82. The first-order valence-corrected chi connectivity index (χ1v) is 6.29. The smallest absolute Gasteiger partial charge is 0.0703 e. The molecule has 1 fully saturated rings. The van der Waals surface area contributed by atoms with Crippen LogP contribution in [0.4, 0.5) is 0 Å². The molecule has 0 atom stereocenters. The van der Waals surface area contributed by atoms with Gasteiger partial charge in [-0.3, -0.25) is 0 Å². The second-order valence-corrected chi connectivity index (χ2v) is 5.35. The van der Waals surface area contributed by atoms with Crippen LogP contribution >= 0.6 is 11.3 Å². The molecule has 0 spiro atoms. The van der Waals surface area contributed by atoms with Crippen molar-refractivity contribution in [3.05, 3.63) is 21.9 Å². The fourth-order valence-corrected chi connectivity index (χ4v) is 2.58. The average molecular weight is 220 g/mol. The van der Waals surface area contributed by atoms with Gasteiger partial charge in [0.1, 0.15) is 0 Å². The van der Waals surface area contributed by atoms with Gasteiger partial charge in [0.25, 0.3) is 0 Å². The van der Waals surface area contributed by atoms with E-state index in [4.69, 9.17) is 5.26 Å². The minimum atomic E-state index is -0.00943. The van der Waals surface area contributed by atoms with Crippen LogP contribution in [0.3, 0.4) is 0 Å². The van der Waals surface area contributed by atoms with E-state index in [9.17, 15) is 0 Å². The van der Waals surface area contributed by atoms with Crippen molar-refractivity contribution in [2.45, 2.75) is 26.2 Å². The molecule has 2 rings (SSSR count). The van der Waals surface area contributed by atoms with Crippen molar-refractivity contribution < 1.29 is 0 Å². The van der Waals surface area contributed by atoms with Gasteiger partial charge in [-0.05, 0) is 43.2 Å². The number of aryl methyl sites for hydroxylation is 1. The second-order valence-electron chi connectivity index (χ2n) is 4.35. The SMILES string of the molecule is Cc1ccsc1CCNCC1(C#N)CC1. The molecule has 3 heteroatoms. The van der Waals surface area contributed by atoms with Crippen molar-refractivity contribution in [2.24, 2.45) is 5.41 Å². The zero-order valence-corrected chi connectivity index (χ0v) is 9.86. The van der Waals surface area contributed by atoms with Crippen LogP contribution in [0.2, 0.25) is 0 Å². The molecule has 1 saturated carbocycles. The Hall–Kier alpha value is -0.850. The summed E-state index contributed by atoms with van der Waals surface area (Å²) in [5.41, 5.74) is 1.38. The maximum absolute atomic E-state index is 8.90. The van der Waals surface area contributed by atoms with E-state index >= 15 is 0 Å². The lowest BCUT2D eigenvalue weighted by atomic mass is 10.1. The Kier molecular flexibility index (Phi) is 3.08. The Labute approximate surface area is 94.9 Å². The normalized spacial score (nSPS) is 17.3. The molecule has 15 heavy (non-hydrogen) atoms. The van der Waals surface area contributed by atoms with Crippen molar-refractivity contribution in [1.29, 1.82) is 5.26 Å². The molecule has 1 aliphatic carbocycles. The molecule has 2 nitrogen and oxygen atoms in total. The highest BCUT2D eigenvalue weighted by atomic mass is 32.1. The molecule has 0 aromatic carbocycles. The van der Waals surface area contributed by atoms with E-state index in [1.807, 2.05) is 11.3 Å². The van der Waals surface area contributed by atoms with Crippen molar-refractivity contribution >= 4 is 11.3 Å². The number of hydrogen-bond donors (Lipinski definition) is 1. The van der Waals surface area contributed by atoms with Crippen LogP contribution in [0.15, 0.2) is 11.4 Å². The fraction of sp³-hybridized carbons (Fsp3) is 0.583. The highest BCUT2D eigenvalue weighted by Gasteiger charge is 2.42. The van der Waals surface area contributed by atoms with Crippen molar-refractivity contribution in [3.63, 3.8) is 0 Å². The molecule has 1 aromatic rings. The number of thiophene rings is 1. The van der Waals surface area contributed by atoms with Crippen LogP contribution in [0.5, 0.6) is 0 Å². The third-order valence-electron chi connectivity index (χ3n) is 3.05. The number of hydrogen-bond acceptors (Lipinski definition) is 3. The van der Waals surface area contributed by atoms with Crippen LogP contribution in [-0.4, -0.2) is 13.1 Å². The number of rotatable bonds is 5. The molecule has 1 heterocycles. The summed E-state index contributed by atoms with van der Waals surface area (Å²) in [5, 5.41) is 14.4. The van der Waals surface area contributed by atoms with Crippen LogP contribution in [-0.2, 0) is 6.42 Å². The summed E-state index contributed by atoms with van der Waals surface area (Å²) in [6, 6.07) is 4.56. The molecule has 80 valence electrons. The molecule has 0 amide bonds. The molecule has 0 saturated heterocycles. The zero-order valence-electron chi connectivity index (χ0n) is 9.05. The maximum atomic E-state index is 8.90. The highest BCUT2D eigenvalue weighted by molar-refractivity contribution is 7.10. The molecular weight excluding hydrogens is 204 g/mol. The van der Waals surface area contributed by atoms with E-state index in [0.29, 0.717) is 0 Å². The van der Waals surface area contributed by atoms with Gasteiger partial charge >= 0.3 is 0 Å². The zero-order chi connectivity index (χ0) is 10.7. The molecule has 1 aromatic heterocycles. The molecule has 1 N–H and O–H groups in total. The van der Waals surface area contributed by atoms with Gasteiger partial charge < -0.3 is 5.32 Å². The predicted molar refractivity (Wildman–Crippen MR) is 62.9 cm³/mol. The fourth-order valence-electron chi connectivity index (χ4n) is 1.67. The quantitative estimate of drug-likeness (QED) is 0.774. The average Bonchev–Trinajstić information content (AvgIpc) is 2.92. The number of nitriles is 1. The Morgan fingerprint density at radius 1 is 1.60 bits per heavy atom. The first-order chi connectivity index (χ1) is 7.26. The Morgan fingerprint density at radius 3 is 2.93 bits per heavy atom. The first-order valence-electron chi connectivity index (χ1n) is 5.41.